The third-order valence-electron chi connectivity index (χ3n) is 8.87. The Hall–Kier alpha value is -4.10. The highest BCUT2D eigenvalue weighted by atomic mass is 16.5. The molecule has 228 valence electrons. The molecule has 0 radical (unpaired) electrons. The van der Waals surface area contributed by atoms with Gasteiger partial charge in [-0.3, -0.25) is 19.3 Å². The number of aliphatic hydroxyl groups excluding tert-OH is 2. The summed E-state index contributed by atoms with van der Waals surface area (Å²) < 4.78 is 4.89. The topological polar surface area (TPSA) is 203 Å². The number of phenolic OH excluding ortho intramolecular Hbond substituents is 1. The molecule has 1 unspecified atom stereocenters. The molecule has 0 heterocycles. The summed E-state index contributed by atoms with van der Waals surface area (Å²) in [5.74, 6) is -5.45. The van der Waals surface area contributed by atoms with Gasteiger partial charge in [0.1, 0.15) is 22.8 Å². The van der Waals surface area contributed by atoms with E-state index in [4.69, 9.17) is 10.5 Å². The number of nitrogens with two attached hydrogens (primary N) is 1. The molecule has 0 saturated carbocycles. The first kappa shape index (κ1) is 30.8. The molecule has 3 aliphatic rings. The number of nitrogens with zero attached hydrogens (tertiary/aromatic N) is 2. The van der Waals surface area contributed by atoms with Gasteiger partial charge < -0.3 is 41.1 Å². The zero-order valence-electron chi connectivity index (χ0n) is 24.8. The van der Waals surface area contributed by atoms with Gasteiger partial charge in [-0.2, -0.15) is 0 Å². The number of aromatic hydroxyl groups is 1. The predicted octanol–water partition coefficient (Wildman–Crippen LogP) is 1.21. The van der Waals surface area contributed by atoms with Crippen molar-refractivity contribution < 1.29 is 44.3 Å². The molecule has 0 spiro atoms. The Morgan fingerprint density at radius 1 is 1.14 bits per heavy atom. The number of allylic oxidation sites excluding steroid dienone is 1. The fraction of sp³-hybridized carbons (Fsp3) is 0.517. The van der Waals surface area contributed by atoms with E-state index in [1.807, 2.05) is 0 Å². The van der Waals surface area contributed by atoms with Crippen molar-refractivity contribution in [1.82, 2.24) is 10.2 Å². The van der Waals surface area contributed by atoms with E-state index in [1.54, 1.807) is 53.0 Å². The van der Waals surface area contributed by atoms with Crippen LogP contribution in [0.25, 0.3) is 0 Å². The first-order valence-electron chi connectivity index (χ1n) is 13.5. The maximum atomic E-state index is 14.3. The summed E-state index contributed by atoms with van der Waals surface area (Å²) in [6.45, 7) is 4.82. The highest BCUT2D eigenvalue weighted by molar-refractivity contribution is 6.25. The van der Waals surface area contributed by atoms with Gasteiger partial charge in [-0.1, -0.05) is 13.8 Å². The third-order valence-corrected chi connectivity index (χ3v) is 8.87. The van der Waals surface area contributed by atoms with Crippen LogP contribution in [0.1, 0.15) is 48.7 Å². The average Bonchev–Trinajstić information content (AvgIpc) is 2.85. The van der Waals surface area contributed by atoms with Gasteiger partial charge in [0.2, 0.25) is 5.78 Å². The van der Waals surface area contributed by atoms with E-state index < -0.39 is 68.9 Å². The highest BCUT2D eigenvalue weighted by Crippen LogP contribution is 2.63. The van der Waals surface area contributed by atoms with Gasteiger partial charge >= 0.3 is 6.09 Å². The molecule has 0 bridgehead atoms. The van der Waals surface area contributed by atoms with Gasteiger partial charge in [0.15, 0.2) is 11.4 Å². The minimum atomic E-state index is -2.80. The number of nitrogens with one attached hydrogen (secondary N) is 1. The molecule has 13 heteroatoms. The van der Waals surface area contributed by atoms with Crippen LogP contribution in [0.15, 0.2) is 28.7 Å². The second-order valence-corrected chi connectivity index (χ2v) is 12.1. The Balaban J connectivity index is 2.00. The van der Waals surface area contributed by atoms with Crippen LogP contribution in [-0.4, -0.2) is 95.3 Å². The lowest BCUT2D eigenvalue weighted by Crippen LogP contribution is -2.70. The standard InChI is InChI=1S/C29H38N4O9/c1-8-42-26(40)31-11-13-9-15(32(4)5)14-10-27(2)12-28(3)22(33(6)7)21(36)17(25(30)39)23(37)29(28,41)24(38)18(27)20(35)16(14)19(13)34/h9,22,34,36,38,41H,8,10-12H2,1-7H3,(H2,30,39)(H,31,40)/t22?,27-,28-,29+/m0/s1. The Kier molecular flexibility index (Phi) is 7.36. The molecular formula is C29H38N4O9. The number of carbonyl (C=O) groups is 4. The molecule has 1 aromatic rings. The SMILES string of the molecule is CCOC(=O)NCc1cc(N(C)C)c2c(c1O)C(=O)C1=C(O)[C@]3(O)C(=O)C(C(N)=O)=C(O)C(N(C)C)[C@]3(C)C[C@]1(C)C2. The number of aliphatic hydroxyl groups is 3. The monoisotopic (exact) mass is 586 g/mol. The number of ether oxygens (including phenoxy) is 1. The Bertz CT molecular complexity index is 1480. The molecule has 42 heavy (non-hydrogen) atoms. The van der Waals surface area contributed by atoms with Crippen LogP contribution >= 0.6 is 0 Å². The Morgan fingerprint density at radius 3 is 2.29 bits per heavy atom. The van der Waals surface area contributed by atoms with Crippen molar-refractivity contribution >= 4 is 29.3 Å². The smallest absolute Gasteiger partial charge is 0.407 e. The molecule has 13 nitrogen and oxygen atoms in total. The number of anilines is 1. The van der Waals surface area contributed by atoms with Crippen LogP contribution in [0.5, 0.6) is 5.75 Å². The molecule has 0 aliphatic heterocycles. The summed E-state index contributed by atoms with van der Waals surface area (Å²) in [5, 5.41) is 48.8. The highest BCUT2D eigenvalue weighted by Gasteiger charge is 2.71. The third kappa shape index (κ3) is 4.05. The number of ketones is 2. The predicted molar refractivity (Wildman–Crippen MR) is 151 cm³/mol. The number of amides is 2. The summed E-state index contributed by atoms with van der Waals surface area (Å²) in [5.41, 5.74) is -0.234. The molecule has 0 saturated heterocycles. The van der Waals surface area contributed by atoms with Crippen molar-refractivity contribution in [3.8, 4) is 5.75 Å². The maximum absolute atomic E-state index is 14.3. The van der Waals surface area contributed by atoms with E-state index in [2.05, 4.69) is 5.32 Å². The van der Waals surface area contributed by atoms with Crippen molar-refractivity contribution in [3.63, 3.8) is 0 Å². The Labute approximate surface area is 243 Å². The summed E-state index contributed by atoms with van der Waals surface area (Å²) in [4.78, 5) is 55.5. The number of alkyl carbamates (subject to hydrolysis) is 1. The molecule has 7 N–H and O–H groups in total. The van der Waals surface area contributed by atoms with E-state index in [1.165, 1.54) is 11.8 Å². The van der Waals surface area contributed by atoms with Crippen molar-refractivity contribution in [2.45, 2.75) is 51.8 Å². The molecule has 4 atom stereocenters. The molecule has 0 fully saturated rings. The van der Waals surface area contributed by atoms with Crippen LogP contribution in [0.4, 0.5) is 10.5 Å². The van der Waals surface area contributed by atoms with Gasteiger partial charge in [0.05, 0.1) is 18.2 Å². The number of phenols is 1. The zero-order chi connectivity index (χ0) is 31.7. The number of Topliss-reactive ketones (excluding diaryl/α,β-unsaturated/α-hetero) is 2. The average molecular weight is 587 g/mol. The normalized spacial score (nSPS) is 28.7. The van der Waals surface area contributed by atoms with Crippen molar-refractivity contribution in [2.24, 2.45) is 16.6 Å². The van der Waals surface area contributed by atoms with Crippen LogP contribution in [0.2, 0.25) is 0 Å². The van der Waals surface area contributed by atoms with Crippen molar-refractivity contribution in [1.29, 1.82) is 0 Å². The van der Waals surface area contributed by atoms with Gasteiger partial charge in [0.25, 0.3) is 5.91 Å². The minimum Gasteiger partial charge on any atom is -0.510 e. The lowest BCUT2D eigenvalue weighted by molar-refractivity contribution is -0.169. The number of carbonyl (C=O) groups excluding carboxylic acids is 4. The van der Waals surface area contributed by atoms with E-state index in [-0.39, 0.29) is 42.7 Å². The minimum absolute atomic E-state index is 0.0778. The van der Waals surface area contributed by atoms with Crippen LogP contribution in [-0.2, 0) is 27.3 Å². The summed E-state index contributed by atoms with van der Waals surface area (Å²) in [6, 6.07) is 0.505. The number of likely N-dealkylation sites (N-methyl/N-ethyl adjacent to an activating group) is 1. The number of rotatable bonds is 6. The van der Waals surface area contributed by atoms with Gasteiger partial charge in [0, 0.05) is 48.3 Å². The summed E-state index contributed by atoms with van der Waals surface area (Å²) in [6.07, 6.45) is -0.694. The molecule has 2 amide bonds. The lowest BCUT2D eigenvalue weighted by Gasteiger charge is -2.59. The molecule has 1 aromatic carbocycles. The number of hydrogen-bond donors (Lipinski definition) is 6. The fourth-order valence-corrected chi connectivity index (χ4v) is 7.32. The quantitative estimate of drug-likeness (QED) is 0.262. The molecule has 4 rings (SSSR count). The summed E-state index contributed by atoms with van der Waals surface area (Å²) >= 11 is 0. The number of benzene rings is 1. The Morgan fingerprint density at radius 2 is 1.76 bits per heavy atom. The van der Waals surface area contributed by atoms with Crippen molar-refractivity contribution in [3.05, 3.63) is 45.4 Å². The van der Waals surface area contributed by atoms with Crippen LogP contribution in [0, 0.1) is 10.8 Å². The first-order chi connectivity index (χ1) is 19.4. The number of fused-ring (bicyclic) bond motifs is 3. The molecule has 3 aliphatic carbocycles. The van der Waals surface area contributed by atoms with E-state index in [9.17, 15) is 39.6 Å². The van der Waals surface area contributed by atoms with E-state index in [0.717, 1.165) is 0 Å². The largest absolute Gasteiger partial charge is 0.510 e. The van der Waals surface area contributed by atoms with E-state index >= 15 is 0 Å². The van der Waals surface area contributed by atoms with Gasteiger partial charge in [-0.15, -0.1) is 0 Å². The van der Waals surface area contributed by atoms with E-state index in [0.29, 0.717) is 11.3 Å². The lowest BCUT2D eigenvalue weighted by atomic mass is 9.47. The summed E-state index contributed by atoms with van der Waals surface area (Å²) in [7, 11) is 6.66. The van der Waals surface area contributed by atoms with Crippen LogP contribution in [0.3, 0.4) is 0 Å². The zero-order valence-corrected chi connectivity index (χ0v) is 24.8. The van der Waals surface area contributed by atoms with Crippen molar-refractivity contribution in [2.75, 3.05) is 39.7 Å². The first-order valence-corrected chi connectivity index (χ1v) is 13.5. The number of hydrogen-bond acceptors (Lipinski definition) is 11. The second-order valence-electron chi connectivity index (χ2n) is 12.1. The number of primary amides is 1. The molecule has 0 aromatic heterocycles. The van der Waals surface area contributed by atoms with Gasteiger partial charge in [-0.05, 0) is 45.5 Å². The fourth-order valence-electron chi connectivity index (χ4n) is 7.32. The maximum Gasteiger partial charge on any atom is 0.407 e. The van der Waals surface area contributed by atoms with Gasteiger partial charge in [-0.25, -0.2) is 4.79 Å². The van der Waals surface area contributed by atoms with Crippen LogP contribution < -0.4 is 16.0 Å². The molecular weight excluding hydrogens is 548 g/mol. The second kappa shape index (κ2) is 10.0.